The van der Waals surface area contributed by atoms with Crippen molar-refractivity contribution in [2.45, 2.75) is 39.0 Å². The van der Waals surface area contributed by atoms with E-state index in [2.05, 4.69) is 5.32 Å². The average molecular weight is 385 g/mol. The van der Waals surface area contributed by atoms with Gasteiger partial charge in [-0.05, 0) is 17.5 Å². The molecule has 2 amide bonds. The van der Waals surface area contributed by atoms with Gasteiger partial charge < -0.3 is 10.2 Å². The maximum Gasteiger partial charge on any atom is 0.416 e. The molecular formula is C19H26F3N3O2. The lowest BCUT2D eigenvalue weighted by Crippen LogP contribution is -2.56. The van der Waals surface area contributed by atoms with Crippen molar-refractivity contribution in [3.05, 3.63) is 35.4 Å². The predicted molar refractivity (Wildman–Crippen MR) is 95.7 cm³/mol. The molecule has 1 aromatic carbocycles. The highest BCUT2D eigenvalue weighted by atomic mass is 19.4. The monoisotopic (exact) mass is 385 g/mol. The Bertz CT molecular complexity index is 676. The third-order valence-electron chi connectivity index (χ3n) is 4.51. The molecule has 0 saturated carbocycles. The van der Waals surface area contributed by atoms with Crippen LogP contribution >= 0.6 is 0 Å². The van der Waals surface area contributed by atoms with Gasteiger partial charge in [-0.25, -0.2) is 0 Å². The first-order chi connectivity index (χ1) is 12.6. The number of nitrogens with zero attached hydrogens (tertiary/aromatic N) is 2. The first kappa shape index (κ1) is 21.2. The van der Waals surface area contributed by atoms with E-state index in [0.29, 0.717) is 31.1 Å². The number of benzene rings is 1. The van der Waals surface area contributed by atoms with Gasteiger partial charge >= 0.3 is 6.18 Å². The topological polar surface area (TPSA) is 52.7 Å². The molecule has 1 heterocycles. The number of nitrogens with one attached hydrogen (secondary N) is 1. The second-order valence-electron chi connectivity index (χ2n) is 7.35. The molecule has 1 atom stereocenters. The van der Waals surface area contributed by atoms with Crippen LogP contribution in [0.4, 0.5) is 13.2 Å². The molecule has 0 radical (unpaired) electrons. The Morgan fingerprint density at radius 1 is 1.37 bits per heavy atom. The van der Waals surface area contributed by atoms with E-state index in [0.717, 1.165) is 12.1 Å². The molecule has 0 bridgehead atoms. The standard InChI is InChI=1S/C19H26F3N3O2/c1-13(2)11-24(3)17(26)10-16-18(27)23-7-8-25(16)12-14-5-4-6-15(9-14)19(20,21)22/h4-6,9,13,16H,7-8,10-12H2,1-3H3,(H,23,27). The van der Waals surface area contributed by atoms with Crippen LogP contribution in [0, 0.1) is 5.92 Å². The lowest BCUT2D eigenvalue weighted by Gasteiger charge is -2.35. The van der Waals surface area contributed by atoms with Gasteiger partial charge in [0.15, 0.2) is 0 Å². The van der Waals surface area contributed by atoms with Gasteiger partial charge in [-0.1, -0.05) is 32.0 Å². The number of alkyl halides is 3. The zero-order valence-corrected chi connectivity index (χ0v) is 15.8. The summed E-state index contributed by atoms with van der Waals surface area (Å²) in [6, 6.07) is 4.39. The van der Waals surface area contributed by atoms with Crippen LogP contribution in [0.5, 0.6) is 0 Å². The minimum atomic E-state index is -4.41. The molecule has 0 aliphatic carbocycles. The molecule has 1 aromatic rings. The van der Waals surface area contributed by atoms with Crippen molar-refractivity contribution < 1.29 is 22.8 Å². The lowest BCUT2D eigenvalue weighted by atomic mass is 10.0. The van der Waals surface area contributed by atoms with Crippen molar-refractivity contribution in [2.24, 2.45) is 5.92 Å². The third kappa shape index (κ3) is 5.95. The van der Waals surface area contributed by atoms with Gasteiger partial charge in [0.25, 0.3) is 0 Å². The number of hydrogen-bond acceptors (Lipinski definition) is 3. The van der Waals surface area contributed by atoms with Crippen molar-refractivity contribution >= 4 is 11.8 Å². The Labute approximate surface area is 157 Å². The maximum atomic E-state index is 12.9. The Balaban J connectivity index is 2.12. The highest BCUT2D eigenvalue weighted by molar-refractivity contribution is 5.88. The summed E-state index contributed by atoms with van der Waals surface area (Å²) in [4.78, 5) is 28.1. The van der Waals surface area contributed by atoms with Gasteiger partial charge in [0.1, 0.15) is 0 Å². The first-order valence-corrected chi connectivity index (χ1v) is 8.99. The fourth-order valence-electron chi connectivity index (χ4n) is 3.22. The Morgan fingerprint density at radius 2 is 2.07 bits per heavy atom. The second-order valence-corrected chi connectivity index (χ2v) is 7.35. The summed E-state index contributed by atoms with van der Waals surface area (Å²) in [6.07, 6.45) is -4.40. The minimum Gasteiger partial charge on any atom is -0.353 e. The van der Waals surface area contributed by atoms with Gasteiger partial charge in [-0.2, -0.15) is 13.2 Å². The van der Waals surface area contributed by atoms with Crippen LogP contribution in [-0.4, -0.2) is 54.3 Å². The van der Waals surface area contributed by atoms with Gasteiger partial charge in [0.05, 0.1) is 18.0 Å². The zero-order chi connectivity index (χ0) is 20.2. The highest BCUT2D eigenvalue weighted by Gasteiger charge is 2.34. The predicted octanol–water partition coefficient (Wildman–Crippen LogP) is 2.51. The van der Waals surface area contributed by atoms with E-state index in [1.54, 1.807) is 22.9 Å². The van der Waals surface area contributed by atoms with E-state index in [-0.39, 0.29) is 24.8 Å². The van der Waals surface area contributed by atoms with Crippen molar-refractivity contribution in [1.29, 1.82) is 0 Å². The number of piperazine rings is 1. The first-order valence-electron chi connectivity index (χ1n) is 8.99. The van der Waals surface area contributed by atoms with Gasteiger partial charge in [0.2, 0.25) is 11.8 Å². The zero-order valence-electron chi connectivity index (χ0n) is 15.8. The molecule has 27 heavy (non-hydrogen) atoms. The molecule has 0 aromatic heterocycles. The molecule has 5 nitrogen and oxygen atoms in total. The van der Waals surface area contributed by atoms with E-state index in [9.17, 15) is 22.8 Å². The summed E-state index contributed by atoms with van der Waals surface area (Å²) in [7, 11) is 1.69. The minimum absolute atomic E-state index is 0.00795. The highest BCUT2D eigenvalue weighted by Crippen LogP contribution is 2.30. The largest absolute Gasteiger partial charge is 0.416 e. The smallest absolute Gasteiger partial charge is 0.353 e. The van der Waals surface area contributed by atoms with Crippen LogP contribution in [0.3, 0.4) is 0 Å². The van der Waals surface area contributed by atoms with E-state index >= 15 is 0 Å². The molecule has 1 unspecified atom stereocenters. The molecule has 1 N–H and O–H groups in total. The quantitative estimate of drug-likeness (QED) is 0.819. The summed E-state index contributed by atoms with van der Waals surface area (Å²) >= 11 is 0. The van der Waals surface area contributed by atoms with Crippen molar-refractivity contribution in [3.8, 4) is 0 Å². The molecule has 8 heteroatoms. The number of carbonyl (C=O) groups excluding carboxylic acids is 2. The fraction of sp³-hybridized carbons (Fsp3) is 0.579. The second kappa shape index (κ2) is 8.73. The Hall–Kier alpha value is -2.09. The Morgan fingerprint density at radius 3 is 2.70 bits per heavy atom. The maximum absolute atomic E-state index is 12.9. The SMILES string of the molecule is CC(C)CN(C)C(=O)CC1C(=O)NCCN1Cc1cccc(C(F)(F)F)c1. The van der Waals surface area contributed by atoms with E-state index in [1.807, 2.05) is 13.8 Å². The van der Waals surface area contributed by atoms with Gasteiger partial charge in [-0.3, -0.25) is 14.5 Å². The van der Waals surface area contributed by atoms with Crippen LogP contribution in [0.2, 0.25) is 0 Å². The van der Waals surface area contributed by atoms with Crippen LogP contribution in [-0.2, 0) is 22.3 Å². The van der Waals surface area contributed by atoms with Gasteiger partial charge in [0, 0.05) is 33.2 Å². The lowest BCUT2D eigenvalue weighted by molar-refractivity contribution is -0.138. The van der Waals surface area contributed by atoms with Gasteiger partial charge in [-0.15, -0.1) is 0 Å². The summed E-state index contributed by atoms with van der Waals surface area (Å²) in [5.74, 6) is -0.111. The molecule has 1 aliphatic heterocycles. The number of rotatable bonds is 6. The van der Waals surface area contributed by atoms with Crippen LogP contribution in [0.25, 0.3) is 0 Å². The normalized spacial score (nSPS) is 18.5. The molecule has 150 valence electrons. The third-order valence-corrected chi connectivity index (χ3v) is 4.51. The van der Waals surface area contributed by atoms with E-state index in [1.165, 1.54) is 6.07 Å². The molecular weight excluding hydrogens is 359 g/mol. The van der Waals surface area contributed by atoms with Crippen LogP contribution < -0.4 is 5.32 Å². The van der Waals surface area contributed by atoms with E-state index in [4.69, 9.17) is 0 Å². The van der Waals surface area contributed by atoms with Crippen molar-refractivity contribution in [3.63, 3.8) is 0 Å². The fourth-order valence-corrected chi connectivity index (χ4v) is 3.22. The average Bonchev–Trinajstić information content (AvgIpc) is 2.56. The van der Waals surface area contributed by atoms with Crippen molar-refractivity contribution in [1.82, 2.24) is 15.1 Å². The number of hydrogen-bond donors (Lipinski definition) is 1. The number of halogens is 3. The molecule has 1 aliphatic rings. The summed E-state index contributed by atoms with van der Waals surface area (Å²) in [5, 5.41) is 2.74. The summed E-state index contributed by atoms with van der Waals surface area (Å²) < 4.78 is 38.8. The summed E-state index contributed by atoms with van der Waals surface area (Å²) in [5.41, 5.74) is -0.252. The number of carbonyl (C=O) groups is 2. The van der Waals surface area contributed by atoms with Crippen LogP contribution in [0.15, 0.2) is 24.3 Å². The Kier molecular flexibility index (Phi) is 6.86. The van der Waals surface area contributed by atoms with Crippen molar-refractivity contribution in [2.75, 3.05) is 26.7 Å². The van der Waals surface area contributed by atoms with Crippen LogP contribution in [0.1, 0.15) is 31.4 Å². The number of amides is 2. The molecule has 2 rings (SSSR count). The molecule has 0 spiro atoms. The summed E-state index contributed by atoms with van der Waals surface area (Å²) in [6.45, 7) is 5.65. The molecule has 1 fully saturated rings. The van der Waals surface area contributed by atoms with E-state index < -0.39 is 17.8 Å². The molecule has 1 saturated heterocycles.